The summed E-state index contributed by atoms with van der Waals surface area (Å²) >= 11 is 0. The lowest BCUT2D eigenvalue weighted by Crippen LogP contribution is -2.45. The van der Waals surface area contributed by atoms with Crippen LogP contribution >= 0.6 is 0 Å². The highest BCUT2D eigenvalue weighted by Gasteiger charge is 2.18. The number of carbonyl (C=O) groups excluding carboxylic acids is 1. The molecule has 3 N–H and O–H groups in total. The van der Waals surface area contributed by atoms with E-state index in [-0.39, 0.29) is 12.5 Å². The molecule has 0 aromatic carbocycles. The molecule has 64 heavy (non-hydrogen) atoms. The number of hydrogen-bond donors (Lipinski definition) is 3. The second-order valence-electron chi connectivity index (χ2n) is 19.7. The molecule has 0 aliphatic carbocycles. The van der Waals surface area contributed by atoms with Crippen molar-refractivity contribution in [2.75, 3.05) is 6.61 Å². The molecule has 4 nitrogen and oxygen atoms in total. The summed E-state index contributed by atoms with van der Waals surface area (Å²) in [5.74, 6) is -0.0609. The number of carbonyl (C=O) groups is 1. The van der Waals surface area contributed by atoms with Crippen LogP contribution in [-0.4, -0.2) is 34.9 Å². The minimum Gasteiger partial charge on any atom is -0.394 e. The fourth-order valence-electron chi connectivity index (χ4n) is 8.89. The first-order valence-electron chi connectivity index (χ1n) is 28.9. The van der Waals surface area contributed by atoms with Crippen LogP contribution in [-0.2, 0) is 4.79 Å². The molecule has 0 saturated heterocycles. The normalized spacial score (nSPS) is 13.1. The topological polar surface area (TPSA) is 69.6 Å². The molecule has 4 heteroatoms. The molecule has 2 atom stereocenters. The number of unbranched alkanes of at least 4 members (excludes halogenated alkanes) is 40. The van der Waals surface area contributed by atoms with Crippen molar-refractivity contribution in [2.24, 2.45) is 0 Å². The minimum atomic E-state index is -0.836. The molecule has 0 fully saturated rings. The Hall–Kier alpha value is -1.65. The van der Waals surface area contributed by atoms with E-state index < -0.39 is 12.1 Å². The van der Waals surface area contributed by atoms with E-state index >= 15 is 0 Å². The average Bonchev–Trinajstić information content (AvgIpc) is 3.30. The molecule has 0 aliphatic heterocycles. The Balaban J connectivity index is 3.36. The third kappa shape index (κ3) is 51.3. The van der Waals surface area contributed by atoms with E-state index in [1.807, 2.05) is 6.08 Å². The van der Waals surface area contributed by atoms with Gasteiger partial charge in [-0.2, -0.15) is 0 Å². The van der Waals surface area contributed by atoms with Gasteiger partial charge in [0, 0.05) is 6.42 Å². The first-order valence-corrected chi connectivity index (χ1v) is 28.9. The Labute approximate surface area is 401 Å². The number of amides is 1. The largest absolute Gasteiger partial charge is 0.394 e. The SMILES string of the molecule is CCCCCCC/C=C\C/C=C\C/C=C\CCCCCCCCCCCCCCCCCCCCCCCCCCCCC(=O)NC(CO)C(O)/C=C/CCCCCCCCCCC. The Kier molecular flexibility index (Phi) is 54.2. The lowest BCUT2D eigenvalue weighted by atomic mass is 10.0. The summed E-state index contributed by atoms with van der Waals surface area (Å²) in [6.07, 6.45) is 77.3. The van der Waals surface area contributed by atoms with Crippen LogP contribution < -0.4 is 5.32 Å². The Morgan fingerprint density at radius 3 is 0.953 bits per heavy atom. The van der Waals surface area contributed by atoms with Crippen molar-refractivity contribution in [3.63, 3.8) is 0 Å². The molecule has 1 amide bonds. The maximum atomic E-state index is 12.4. The molecule has 0 aliphatic rings. The number of aliphatic hydroxyl groups is 2. The van der Waals surface area contributed by atoms with Crippen LogP contribution in [0.1, 0.15) is 309 Å². The molecule has 0 saturated carbocycles. The summed E-state index contributed by atoms with van der Waals surface area (Å²) in [7, 11) is 0. The quantitative estimate of drug-likeness (QED) is 0.0421. The Bertz CT molecular complexity index is 1020. The molecule has 0 heterocycles. The van der Waals surface area contributed by atoms with Gasteiger partial charge in [0.1, 0.15) is 0 Å². The molecular formula is C60H113NO3. The van der Waals surface area contributed by atoms with Crippen LogP contribution in [0.25, 0.3) is 0 Å². The van der Waals surface area contributed by atoms with Crippen molar-refractivity contribution in [2.45, 2.75) is 321 Å². The second kappa shape index (κ2) is 55.7. The monoisotopic (exact) mass is 896 g/mol. The maximum absolute atomic E-state index is 12.4. The molecule has 0 aromatic rings. The fraction of sp³-hybridized carbons (Fsp3) is 0.850. The van der Waals surface area contributed by atoms with Gasteiger partial charge in [0.05, 0.1) is 18.8 Å². The number of aliphatic hydroxyl groups excluding tert-OH is 2. The Morgan fingerprint density at radius 1 is 0.375 bits per heavy atom. The summed E-state index contributed by atoms with van der Waals surface area (Å²) < 4.78 is 0. The van der Waals surface area contributed by atoms with Crippen LogP contribution in [0.2, 0.25) is 0 Å². The smallest absolute Gasteiger partial charge is 0.220 e. The van der Waals surface area contributed by atoms with E-state index in [1.165, 1.54) is 250 Å². The van der Waals surface area contributed by atoms with Crippen LogP contribution in [0.3, 0.4) is 0 Å². The molecule has 0 rings (SSSR count). The molecule has 0 bridgehead atoms. The van der Waals surface area contributed by atoms with Crippen molar-refractivity contribution in [3.8, 4) is 0 Å². The molecule has 376 valence electrons. The predicted molar refractivity (Wildman–Crippen MR) is 285 cm³/mol. The summed E-state index contributed by atoms with van der Waals surface area (Å²) in [6.45, 7) is 4.30. The fourth-order valence-corrected chi connectivity index (χ4v) is 8.89. The average molecular weight is 897 g/mol. The van der Waals surface area contributed by atoms with Gasteiger partial charge < -0.3 is 15.5 Å². The first kappa shape index (κ1) is 62.4. The molecular weight excluding hydrogens is 783 g/mol. The number of nitrogens with one attached hydrogen (secondary N) is 1. The third-order valence-electron chi connectivity index (χ3n) is 13.3. The third-order valence-corrected chi connectivity index (χ3v) is 13.3. The van der Waals surface area contributed by atoms with Gasteiger partial charge in [0.15, 0.2) is 0 Å². The van der Waals surface area contributed by atoms with Crippen LogP contribution in [0, 0.1) is 0 Å². The van der Waals surface area contributed by atoms with Crippen LogP contribution in [0.4, 0.5) is 0 Å². The van der Waals surface area contributed by atoms with E-state index in [0.29, 0.717) is 6.42 Å². The zero-order valence-corrected chi connectivity index (χ0v) is 43.3. The summed E-state index contributed by atoms with van der Waals surface area (Å²) in [6, 6.07) is -0.619. The predicted octanol–water partition coefficient (Wildman–Crippen LogP) is 19.0. The van der Waals surface area contributed by atoms with Crippen molar-refractivity contribution >= 4 is 5.91 Å². The van der Waals surface area contributed by atoms with Crippen LogP contribution in [0.5, 0.6) is 0 Å². The molecule has 0 radical (unpaired) electrons. The summed E-state index contributed by atoms with van der Waals surface area (Å²) in [4.78, 5) is 12.4. The number of rotatable bonds is 53. The molecule has 0 aromatic heterocycles. The van der Waals surface area contributed by atoms with E-state index in [4.69, 9.17) is 0 Å². The van der Waals surface area contributed by atoms with Gasteiger partial charge in [-0.3, -0.25) is 4.79 Å². The van der Waals surface area contributed by atoms with Gasteiger partial charge in [-0.05, 0) is 57.8 Å². The van der Waals surface area contributed by atoms with Crippen molar-refractivity contribution in [1.29, 1.82) is 0 Å². The van der Waals surface area contributed by atoms with Crippen molar-refractivity contribution in [3.05, 3.63) is 48.6 Å². The zero-order valence-electron chi connectivity index (χ0n) is 43.3. The second-order valence-corrected chi connectivity index (χ2v) is 19.7. The molecule has 2 unspecified atom stereocenters. The zero-order chi connectivity index (χ0) is 46.3. The van der Waals surface area contributed by atoms with E-state index in [0.717, 1.165) is 38.5 Å². The standard InChI is InChI=1S/C60H113NO3/c1-3-5-7-9-11-13-15-16-17-18-19-20-21-22-23-24-25-26-27-28-29-30-31-32-33-34-35-36-37-38-39-40-41-42-43-44-46-48-50-52-54-56-60(64)61-58(57-62)59(63)55-53-51-49-47-45-14-12-10-8-6-4-2/h15-16,18-19,21-22,53,55,58-59,62-63H,3-14,17,20,23-52,54,56-57H2,1-2H3,(H,61,64)/b16-15-,19-18-,22-21-,55-53+. The highest BCUT2D eigenvalue weighted by molar-refractivity contribution is 5.76. The summed E-state index contributed by atoms with van der Waals surface area (Å²) in [5.41, 5.74) is 0. The van der Waals surface area contributed by atoms with E-state index in [1.54, 1.807) is 6.08 Å². The van der Waals surface area contributed by atoms with Crippen LogP contribution in [0.15, 0.2) is 48.6 Å². The minimum absolute atomic E-state index is 0.0609. The van der Waals surface area contributed by atoms with Gasteiger partial charge in [-0.15, -0.1) is 0 Å². The van der Waals surface area contributed by atoms with Gasteiger partial charge >= 0.3 is 0 Å². The van der Waals surface area contributed by atoms with Gasteiger partial charge in [0.25, 0.3) is 0 Å². The van der Waals surface area contributed by atoms with Gasteiger partial charge in [0.2, 0.25) is 5.91 Å². The molecule has 0 spiro atoms. The lowest BCUT2D eigenvalue weighted by molar-refractivity contribution is -0.123. The number of hydrogen-bond acceptors (Lipinski definition) is 3. The van der Waals surface area contributed by atoms with Gasteiger partial charge in [-0.1, -0.05) is 294 Å². The number of allylic oxidation sites excluding steroid dienone is 7. The van der Waals surface area contributed by atoms with Crippen molar-refractivity contribution < 1.29 is 15.0 Å². The van der Waals surface area contributed by atoms with E-state index in [2.05, 4.69) is 55.6 Å². The maximum Gasteiger partial charge on any atom is 0.220 e. The first-order chi connectivity index (χ1) is 31.7. The highest BCUT2D eigenvalue weighted by Crippen LogP contribution is 2.17. The lowest BCUT2D eigenvalue weighted by Gasteiger charge is -2.20. The Morgan fingerprint density at radius 2 is 0.641 bits per heavy atom. The summed E-state index contributed by atoms with van der Waals surface area (Å²) in [5, 5.41) is 23.0. The van der Waals surface area contributed by atoms with Gasteiger partial charge in [-0.25, -0.2) is 0 Å². The van der Waals surface area contributed by atoms with E-state index in [9.17, 15) is 15.0 Å². The van der Waals surface area contributed by atoms with Crippen molar-refractivity contribution in [1.82, 2.24) is 5.32 Å². The highest BCUT2D eigenvalue weighted by atomic mass is 16.3.